The van der Waals surface area contributed by atoms with E-state index in [1.54, 1.807) is 17.7 Å². The Labute approximate surface area is 200 Å². The van der Waals surface area contributed by atoms with Crippen LogP contribution in [0.4, 0.5) is 0 Å². The molecule has 0 spiro atoms. The van der Waals surface area contributed by atoms with E-state index in [0.717, 1.165) is 87.0 Å². The third-order valence-electron chi connectivity index (χ3n) is 7.71. The highest BCUT2D eigenvalue weighted by atomic mass is 32.1. The number of likely N-dealkylation sites (tertiary alicyclic amines) is 1. The number of nitrogens with zero attached hydrogens (tertiary/aromatic N) is 4. The molecule has 7 nitrogen and oxygen atoms in total. The molecule has 0 aromatic carbocycles. The molecule has 2 atom stereocenters. The summed E-state index contributed by atoms with van der Waals surface area (Å²) < 4.78 is 6.50. The first-order valence-corrected chi connectivity index (χ1v) is 13.4. The lowest BCUT2D eigenvalue weighted by Gasteiger charge is -2.35. The first kappa shape index (κ1) is 23.0. The minimum Gasteiger partial charge on any atom is -0.474 e. The van der Waals surface area contributed by atoms with Crippen molar-refractivity contribution in [3.8, 4) is 5.88 Å². The van der Waals surface area contributed by atoms with Gasteiger partial charge >= 0.3 is 0 Å². The van der Waals surface area contributed by atoms with Gasteiger partial charge in [0.25, 0.3) is 0 Å². The Hall–Kier alpha value is -1.77. The number of aliphatic hydroxyl groups excluding tert-OH is 1. The van der Waals surface area contributed by atoms with Crippen molar-refractivity contribution < 1.29 is 14.6 Å². The molecule has 0 unspecified atom stereocenters. The summed E-state index contributed by atoms with van der Waals surface area (Å²) in [5.74, 6) is 1.35. The Kier molecular flexibility index (Phi) is 6.86. The third kappa shape index (κ3) is 4.88. The van der Waals surface area contributed by atoms with Gasteiger partial charge in [-0.05, 0) is 83.2 Å². The number of carbonyl (C=O) groups is 1. The minimum atomic E-state index is -0.311. The lowest BCUT2D eigenvalue weighted by molar-refractivity contribution is -0.131. The molecule has 0 bridgehead atoms. The molecular weight excluding hydrogens is 436 g/mol. The van der Waals surface area contributed by atoms with Crippen LogP contribution >= 0.6 is 11.3 Å². The molecule has 0 radical (unpaired) electrons. The number of carbonyl (C=O) groups excluding carboxylic acids is 1. The maximum Gasteiger partial charge on any atom is 0.236 e. The highest BCUT2D eigenvalue weighted by Gasteiger charge is 2.32. The monoisotopic (exact) mass is 472 g/mol. The van der Waals surface area contributed by atoms with Crippen molar-refractivity contribution in [2.24, 2.45) is 0 Å². The molecule has 1 aliphatic heterocycles. The molecule has 1 amide bonds. The summed E-state index contributed by atoms with van der Waals surface area (Å²) in [5, 5.41) is 11.1. The Morgan fingerprint density at radius 3 is 2.73 bits per heavy atom. The van der Waals surface area contributed by atoms with Gasteiger partial charge in [0.1, 0.15) is 17.3 Å². The number of thiophene rings is 1. The van der Waals surface area contributed by atoms with Crippen LogP contribution in [0.3, 0.4) is 0 Å². The van der Waals surface area contributed by atoms with Gasteiger partial charge in [-0.2, -0.15) is 0 Å². The van der Waals surface area contributed by atoms with E-state index in [1.807, 2.05) is 11.8 Å². The number of aryl methyl sites for hydroxylation is 1. The summed E-state index contributed by atoms with van der Waals surface area (Å²) >= 11 is 1.76. The third-order valence-corrected chi connectivity index (χ3v) is 8.88. The van der Waals surface area contributed by atoms with Gasteiger partial charge < -0.3 is 14.7 Å². The van der Waals surface area contributed by atoms with Crippen molar-refractivity contribution in [3.05, 3.63) is 16.8 Å². The second kappa shape index (κ2) is 9.84. The van der Waals surface area contributed by atoms with E-state index in [4.69, 9.17) is 4.74 Å². The van der Waals surface area contributed by atoms with Crippen LogP contribution in [0, 0.1) is 0 Å². The van der Waals surface area contributed by atoms with Crippen LogP contribution < -0.4 is 4.74 Å². The summed E-state index contributed by atoms with van der Waals surface area (Å²) in [5.41, 5.74) is 1.32. The molecule has 1 N–H and O–H groups in total. The van der Waals surface area contributed by atoms with Gasteiger partial charge in [0.2, 0.25) is 11.8 Å². The molecule has 2 aromatic heterocycles. The van der Waals surface area contributed by atoms with Crippen molar-refractivity contribution in [1.29, 1.82) is 0 Å². The Morgan fingerprint density at radius 1 is 1.24 bits per heavy atom. The Morgan fingerprint density at radius 2 is 2.00 bits per heavy atom. The molecule has 3 aliphatic rings. The van der Waals surface area contributed by atoms with Crippen molar-refractivity contribution in [3.63, 3.8) is 0 Å². The Balaban J connectivity index is 1.22. The predicted molar refractivity (Wildman–Crippen MR) is 130 cm³/mol. The fourth-order valence-corrected chi connectivity index (χ4v) is 7.18. The zero-order chi connectivity index (χ0) is 22.9. The summed E-state index contributed by atoms with van der Waals surface area (Å²) in [6.07, 6.45) is 10.7. The number of likely N-dealkylation sites (N-methyl/N-ethyl adjacent to an activating group) is 1. The van der Waals surface area contributed by atoms with E-state index < -0.39 is 0 Å². The molecular formula is C25H36N4O3S. The number of rotatable bonds is 7. The molecule has 2 fully saturated rings. The summed E-state index contributed by atoms with van der Waals surface area (Å²) in [4.78, 5) is 28.2. The number of fused-ring (bicyclic) bond motifs is 3. The van der Waals surface area contributed by atoms with E-state index in [9.17, 15) is 9.90 Å². The van der Waals surface area contributed by atoms with Crippen LogP contribution in [-0.4, -0.2) is 75.7 Å². The van der Waals surface area contributed by atoms with Crippen LogP contribution in [0.2, 0.25) is 0 Å². The van der Waals surface area contributed by atoms with Gasteiger partial charge in [0.05, 0.1) is 18.0 Å². The lowest BCUT2D eigenvalue weighted by atomic mass is 9.92. The van der Waals surface area contributed by atoms with E-state index in [0.29, 0.717) is 18.5 Å². The standard InChI is InChI=1S/C25H36N4O3S/c1-16(30)13-17-5-10-20-22(17)23-24(26-15-27-25(23)33-20)32-19-8-6-18(7-9-19)28(2)14-21(31)29-11-3-4-12-29/h15-19,30H,3-14H2,1-2H3/t16-,17+,18-,19-/m0/s1. The number of ether oxygens (including phenoxy) is 1. The Bertz CT molecular complexity index is 979. The zero-order valence-corrected chi connectivity index (χ0v) is 20.6. The largest absolute Gasteiger partial charge is 0.474 e. The molecule has 2 aliphatic carbocycles. The lowest BCUT2D eigenvalue weighted by Crippen LogP contribution is -2.44. The molecule has 1 saturated heterocycles. The first-order valence-electron chi connectivity index (χ1n) is 12.6. The van der Waals surface area contributed by atoms with Crippen LogP contribution in [0.1, 0.15) is 74.6 Å². The van der Waals surface area contributed by atoms with E-state index in [-0.39, 0.29) is 18.1 Å². The van der Waals surface area contributed by atoms with E-state index in [1.165, 1.54) is 10.4 Å². The molecule has 8 heteroatoms. The second-order valence-corrected chi connectivity index (χ2v) is 11.3. The average Bonchev–Trinajstić information content (AvgIpc) is 3.52. The normalized spacial score (nSPS) is 26.2. The SMILES string of the molecule is C[C@H](O)C[C@H]1CCc2sc3ncnc(O[C@H]4CC[C@H](N(C)CC(=O)N5CCCC5)CC4)c3c21. The highest BCUT2D eigenvalue weighted by molar-refractivity contribution is 7.19. The predicted octanol–water partition coefficient (Wildman–Crippen LogP) is 3.74. The molecule has 5 rings (SSSR count). The topological polar surface area (TPSA) is 78.8 Å². The van der Waals surface area contributed by atoms with Crippen molar-refractivity contribution in [2.45, 2.75) is 88.9 Å². The zero-order valence-electron chi connectivity index (χ0n) is 19.8. The van der Waals surface area contributed by atoms with Crippen LogP contribution in [0.15, 0.2) is 6.33 Å². The quantitative estimate of drug-likeness (QED) is 0.661. The molecule has 1 saturated carbocycles. The summed E-state index contributed by atoms with van der Waals surface area (Å²) in [6.45, 7) is 4.24. The molecule has 2 aromatic rings. The van der Waals surface area contributed by atoms with Gasteiger partial charge in [0, 0.05) is 24.0 Å². The summed E-state index contributed by atoms with van der Waals surface area (Å²) in [6, 6.07) is 0.433. The number of aliphatic hydroxyl groups is 1. The van der Waals surface area contributed by atoms with Gasteiger partial charge in [-0.25, -0.2) is 9.97 Å². The van der Waals surface area contributed by atoms with Gasteiger partial charge in [-0.1, -0.05) is 0 Å². The van der Waals surface area contributed by atoms with Crippen LogP contribution in [0.5, 0.6) is 5.88 Å². The van der Waals surface area contributed by atoms with Gasteiger partial charge in [-0.3, -0.25) is 9.69 Å². The van der Waals surface area contributed by atoms with Crippen LogP contribution in [0.25, 0.3) is 10.2 Å². The van der Waals surface area contributed by atoms with E-state index in [2.05, 4.69) is 21.9 Å². The second-order valence-electron chi connectivity index (χ2n) is 10.2. The van der Waals surface area contributed by atoms with Crippen molar-refractivity contribution in [2.75, 3.05) is 26.7 Å². The molecule has 3 heterocycles. The number of amides is 1. The maximum absolute atomic E-state index is 12.5. The fraction of sp³-hybridized carbons (Fsp3) is 0.720. The van der Waals surface area contributed by atoms with Gasteiger partial charge in [0.15, 0.2) is 0 Å². The number of hydrogen-bond acceptors (Lipinski definition) is 7. The fourth-order valence-electron chi connectivity index (χ4n) is 5.95. The summed E-state index contributed by atoms with van der Waals surface area (Å²) in [7, 11) is 2.09. The maximum atomic E-state index is 12.5. The van der Waals surface area contributed by atoms with Crippen LogP contribution in [-0.2, 0) is 11.2 Å². The molecule has 180 valence electrons. The van der Waals surface area contributed by atoms with Gasteiger partial charge in [-0.15, -0.1) is 11.3 Å². The van der Waals surface area contributed by atoms with Crippen molar-refractivity contribution >= 4 is 27.5 Å². The minimum absolute atomic E-state index is 0.147. The number of aromatic nitrogens is 2. The highest BCUT2D eigenvalue weighted by Crippen LogP contribution is 2.47. The smallest absolute Gasteiger partial charge is 0.236 e. The first-order chi connectivity index (χ1) is 16.0. The number of hydrogen-bond donors (Lipinski definition) is 1. The average molecular weight is 473 g/mol. The van der Waals surface area contributed by atoms with E-state index >= 15 is 0 Å². The molecule has 33 heavy (non-hydrogen) atoms. The van der Waals surface area contributed by atoms with Crippen molar-refractivity contribution in [1.82, 2.24) is 19.8 Å².